The summed E-state index contributed by atoms with van der Waals surface area (Å²) in [6.07, 6.45) is -8.65. The zero-order valence-electron chi connectivity index (χ0n) is 20.8. The SMILES string of the molecule is Cc1nc([C@@H]2OC(CO)[C@H](O)C(n3cc(-c4cc(F)c(F)c(F)c4)cn3)[C@@H]2O)n(-c2cc(Br)ccc2C(F)(F)F)n1. The molecule has 1 fully saturated rings. The summed E-state index contributed by atoms with van der Waals surface area (Å²) in [6, 6.07) is 3.28. The number of halogens is 7. The molecule has 4 aromatic rings. The summed E-state index contributed by atoms with van der Waals surface area (Å²) >= 11 is 3.15. The van der Waals surface area contributed by atoms with Crippen LogP contribution in [-0.4, -0.2) is 64.8 Å². The number of aliphatic hydroxyl groups excluding tert-OH is 3. The van der Waals surface area contributed by atoms with E-state index in [1.807, 2.05) is 0 Å². The van der Waals surface area contributed by atoms with Crippen molar-refractivity contribution in [3.05, 3.63) is 81.9 Å². The number of aliphatic hydroxyl groups is 3. The molecule has 1 aliphatic heterocycles. The Morgan fingerprint density at radius 3 is 2.34 bits per heavy atom. The van der Waals surface area contributed by atoms with Crippen molar-refractivity contribution in [2.45, 2.75) is 43.6 Å². The monoisotopic (exact) mass is 647 g/mol. The van der Waals surface area contributed by atoms with Crippen LogP contribution in [0.15, 0.2) is 47.2 Å². The fourth-order valence-corrected chi connectivity index (χ4v) is 5.06. The van der Waals surface area contributed by atoms with Gasteiger partial charge in [-0.1, -0.05) is 15.9 Å². The molecule has 16 heteroatoms. The van der Waals surface area contributed by atoms with Crippen LogP contribution in [0.1, 0.15) is 29.4 Å². The highest BCUT2D eigenvalue weighted by atomic mass is 79.9. The largest absolute Gasteiger partial charge is 0.418 e. The van der Waals surface area contributed by atoms with E-state index in [0.717, 1.165) is 39.8 Å². The third-order valence-corrected chi connectivity index (χ3v) is 7.10. The first-order valence-electron chi connectivity index (χ1n) is 11.9. The predicted molar refractivity (Wildman–Crippen MR) is 132 cm³/mol. The Labute approximate surface area is 235 Å². The van der Waals surface area contributed by atoms with Gasteiger partial charge in [-0.25, -0.2) is 22.8 Å². The molecular formula is C25H20BrF6N5O4. The highest BCUT2D eigenvalue weighted by Gasteiger charge is 2.48. The Bertz CT molecular complexity index is 1570. The van der Waals surface area contributed by atoms with Crippen LogP contribution in [0.3, 0.4) is 0 Å². The minimum Gasteiger partial charge on any atom is -0.394 e. The third kappa shape index (κ3) is 5.37. The molecule has 5 atom stereocenters. The molecule has 0 bridgehead atoms. The molecule has 5 rings (SSSR count). The number of rotatable bonds is 5. The number of alkyl halides is 3. The first-order chi connectivity index (χ1) is 19.3. The van der Waals surface area contributed by atoms with Crippen molar-refractivity contribution in [2.75, 3.05) is 6.61 Å². The van der Waals surface area contributed by atoms with Crippen molar-refractivity contribution < 1.29 is 46.4 Å². The van der Waals surface area contributed by atoms with Crippen LogP contribution in [0.2, 0.25) is 0 Å². The van der Waals surface area contributed by atoms with E-state index < -0.39 is 71.9 Å². The molecule has 0 aliphatic carbocycles. The van der Waals surface area contributed by atoms with Crippen LogP contribution in [0.5, 0.6) is 0 Å². The number of hydrogen-bond acceptors (Lipinski definition) is 7. The second-order valence-corrected chi connectivity index (χ2v) is 10.2. The van der Waals surface area contributed by atoms with Crippen molar-refractivity contribution in [1.82, 2.24) is 24.5 Å². The number of aromatic nitrogens is 5. The molecule has 2 unspecified atom stereocenters. The van der Waals surface area contributed by atoms with E-state index in [4.69, 9.17) is 4.74 Å². The predicted octanol–water partition coefficient (Wildman–Crippen LogP) is 4.03. The maximum atomic E-state index is 13.9. The third-order valence-electron chi connectivity index (χ3n) is 6.60. The van der Waals surface area contributed by atoms with Crippen molar-refractivity contribution in [3.63, 3.8) is 0 Å². The fourth-order valence-electron chi connectivity index (χ4n) is 4.71. The molecule has 2 aromatic heterocycles. The number of ether oxygens (including phenoxy) is 1. The van der Waals surface area contributed by atoms with Gasteiger partial charge in [0, 0.05) is 16.2 Å². The summed E-state index contributed by atoms with van der Waals surface area (Å²) in [5.41, 5.74) is -1.48. The molecule has 0 spiro atoms. The van der Waals surface area contributed by atoms with Gasteiger partial charge in [0.05, 0.1) is 24.1 Å². The van der Waals surface area contributed by atoms with Crippen LogP contribution in [0.4, 0.5) is 26.3 Å². The number of aryl methyl sites for hydroxylation is 1. The van der Waals surface area contributed by atoms with Crippen molar-refractivity contribution in [1.29, 1.82) is 0 Å². The van der Waals surface area contributed by atoms with Gasteiger partial charge in [-0.05, 0) is 42.8 Å². The van der Waals surface area contributed by atoms with E-state index in [9.17, 15) is 41.7 Å². The lowest BCUT2D eigenvalue weighted by atomic mass is 9.92. The quantitative estimate of drug-likeness (QED) is 0.221. The van der Waals surface area contributed by atoms with E-state index in [2.05, 4.69) is 31.1 Å². The Kier molecular flexibility index (Phi) is 7.71. The van der Waals surface area contributed by atoms with E-state index in [-0.39, 0.29) is 22.8 Å². The van der Waals surface area contributed by atoms with Gasteiger partial charge >= 0.3 is 6.18 Å². The average molecular weight is 648 g/mol. The second-order valence-electron chi connectivity index (χ2n) is 9.30. The van der Waals surface area contributed by atoms with Crippen LogP contribution in [0.25, 0.3) is 16.8 Å². The lowest BCUT2D eigenvalue weighted by molar-refractivity contribution is -0.210. The molecular weight excluding hydrogens is 628 g/mol. The van der Waals surface area contributed by atoms with Gasteiger partial charge in [0.2, 0.25) is 0 Å². The molecule has 1 saturated heterocycles. The summed E-state index contributed by atoms with van der Waals surface area (Å²) < 4.78 is 90.6. The van der Waals surface area contributed by atoms with E-state index in [1.165, 1.54) is 19.2 Å². The molecule has 3 heterocycles. The molecule has 1 aliphatic rings. The Hall–Kier alpha value is -3.31. The maximum absolute atomic E-state index is 13.9. The Morgan fingerprint density at radius 1 is 1.02 bits per heavy atom. The number of nitrogens with zero attached hydrogens (tertiary/aromatic N) is 5. The minimum atomic E-state index is -4.78. The van der Waals surface area contributed by atoms with Gasteiger partial charge in [-0.2, -0.15) is 23.4 Å². The van der Waals surface area contributed by atoms with Crippen LogP contribution >= 0.6 is 15.9 Å². The second kappa shape index (κ2) is 10.8. The fraction of sp³-hybridized carbons (Fsp3) is 0.320. The lowest BCUT2D eigenvalue weighted by Crippen LogP contribution is -2.53. The molecule has 9 nitrogen and oxygen atoms in total. The van der Waals surface area contributed by atoms with Gasteiger partial charge in [0.15, 0.2) is 23.3 Å². The standard InChI is InChI=1S/C25H20BrF6N5O4/c1-10-34-24(37(35-10)17-6-13(26)2-3-14(17)25(30,31)32)23-22(40)20(21(39)18(9-38)41-23)36-8-12(7-33-36)11-4-15(27)19(29)16(28)5-11/h2-8,18,20-23,38-40H,9H2,1H3/t18?,20?,21-,22-,23+/m0/s1. The number of benzene rings is 2. The van der Waals surface area contributed by atoms with E-state index in [1.54, 1.807) is 0 Å². The topological polar surface area (TPSA) is 118 Å². The molecule has 218 valence electrons. The minimum absolute atomic E-state index is 0.0360. The molecule has 0 saturated carbocycles. The summed E-state index contributed by atoms with van der Waals surface area (Å²) in [5, 5.41) is 40.4. The Morgan fingerprint density at radius 2 is 1.71 bits per heavy atom. The summed E-state index contributed by atoms with van der Waals surface area (Å²) in [4.78, 5) is 4.19. The number of hydrogen-bond donors (Lipinski definition) is 3. The molecule has 0 amide bonds. The summed E-state index contributed by atoms with van der Waals surface area (Å²) in [6.45, 7) is 0.651. The van der Waals surface area contributed by atoms with Gasteiger partial charge in [0.25, 0.3) is 0 Å². The molecule has 3 N–H and O–H groups in total. The lowest BCUT2D eigenvalue weighted by Gasteiger charge is -2.42. The zero-order valence-corrected chi connectivity index (χ0v) is 22.4. The van der Waals surface area contributed by atoms with Crippen molar-refractivity contribution in [3.8, 4) is 16.8 Å². The highest BCUT2D eigenvalue weighted by molar-refractivity contribution is 9.10. The molecule has 2 aromatic carbocycles. The smallest absolute Gasteiger partial charge is 0.394 e. The van der Waals surface area contributed by atoms with Crippen molar-refractivity contribution in [2.24, 2.45) is 0 Å². The first kappa shape index (κ1) is 29.2. The van der Waals surface area contributed by atoms with Gasteiger partial charge in [0.1, 0.15) is 36.3 Å². The first-order valence-corrected chi connectivity index (χ1v) is 12.7. The summed E-state index contributed by atoms with van der Waals surface area (Å²) in [7, 11) is 0. The van der Waals surface area contributed by atoms with Gasteiger partial charge < -0.3 is 20.1 Å². The van der Waals surface area contributed by atoms with Gasteiger partial charge in [-0.15, -0.1) is 0 Å². The van der Waals surface area contributed by atoms with Crippen LogP contribution < -0.4 is 0 Å². The molecule has 41 heavy (non-hydrogen) atoms. The zero-order chi connectivity index (χ0) is 29.8. The average Bonchev–Trinajstić information content (AvgIpc) is 3.53. The van der Waals surface area contributed by atoms with Gasteiger partial charge in [-0.3, -0.25) is 4.68 Å². The summed E-state index contributed by atoms with van der Waals surface area (Å²) in [5.74, 6) is -4.78. The van der Waals surface area contributed by atoms with Crippen LogP contribution in [0, 0.1) is 24.4 Å². The highest BCUT2D eigenvalue weighted by Crippen LogP contribution is 2.41. The maximum Gasteiger partial charge on any atom is 0.418 e. The van der Waals surface area contributed by atoms with E-state index in [0.29, 0.717) is 4.47 Å². The molecule has 0 radical (unpaired) electrons. The van der Waals surface area contributed by atoms with Crippen LogP contribution in [-0.2, 0) is 10.9 Å². The van der Waals surface area contributed by atoms with Crippen molar-refractivity contribution >= 4 is 15.9 Å². The van der Waals surface area contributed by atoms with E-state index >= 15 is 0 Å². The Balaban J connectivity index is 1.58. The normalized spacial score (nSPS) is 23.2.